The summed E-state index contributed by atoms with van der Waals surface area (Å²) in [5, 5.41) is 19.7. The third-order valence-corrected chi connectivity index (χ3v) is 2.65. The van der Waals surface area contributed by atoms with Crippen LogP contribution in [0.5, 0.6) is 5.75 Å². The van der Waals surface area contributed by atoms with Gasteiger partial charge in [-0.05, 0) is 25.0 Å². The highest BCUT2D eigenvalue weighted by Gasteiger charge is 2.21. The summed E-state index contributed by atoms with van der Waals surface area (Å²) in [7, 11) is 0. The Bertz CT molecular complexity index is 470. The number of nitro benzene ring substituents is 1. The van der Waals surface area contributed by atoms with Gasteiger partial charge in [-0.1, -0.05) is 13.8 Å². The normalized spacial score (nSPS) is 12.2. The molecule has 1 rings (SSSR count). The summed E-state index contributed by atoms with van der Waals surface area (Å²) < 4.78 is 5.47. The van der Waals surface area contributed by atoms with E-state index in [1.807, 2.05) is 13.8 Å². The zero-order chi connectivity index (χ0) is 13.9. The SMILES string of the molecule is CC(C)C(C)Oc1ccc(C(=O)O)cc1[N+](=O)[O-]. The highest BCUT2D eigenvalue weighted by molar-refractivity contribution is 5.88. The lowest BCUT2D eigenvalue weighted by Gasteiger charge is -2.17. The largest absolute Gasteiger partial charge is 0.484 e. The van der Waals surface area contributed by atoms with Crippen molar-refractivity contribution >= 4 is 11.7 Å². The highest BCUT2D eigenvalue weighted by atomic mass is 16.6. The van der Waals surface area contributed by atoms with Crippen molar-refractivity contribution in [3.8, 4) is 5.75 Å². The summed E-state index contributed by atoms with van der Waals surface area (Å²) in [4.78, 5) is 21.0. The smallest absolute Gasteiger partial charge is 0.335 e. The second-order valence-electron chi connectivity index (χ2n) is 4.31. The van der Waals surface area contributed by atoms with E-state index in [0.717, 1.165) is 6.07 Å². The fraction of sp³-hybridized carbons (Fsp3) is 0.417. The van der Waals surface area contributed by atoms with Crippen LogP contribution in [-0.4, -0.2) is 22.1 Å². The molecule has 0 fully saturated rings. The maximum atomic E-state index is 10.9. The zero-order valence-corrected chi connectivity index (χ0v) is 10.4. The van der Waals surface area contributed by atoms with Gasteiger partial charge in [0.25, 0.3) is 0 Å². The lowest BCUT2D eigenvalue weighted by molar-refractivity contribution is -0.386. The topological polar surface area (TPSA) is 89.7 Å². The molecule has 0 bridgehead atoms. The van der Waals surface area contributed by atoms with Gasteiger partial charge in [-0.15, -0.1) is 0 Å². The molecule has 0 spiro atoms. The van der Waals surface area contributed by atoms with Gasteiger partial charge in [-0.2, -0.15) is 0 Å². The molecule has 18 heavy (non-hydrogen) atoms. The Morgan fingerprint density at radius 2 is 2.00 bits per heavy atom. The van der Waals surface area contributed by atoms with E-state index in [-0.39, 0.29) is 29.0 Å². The van der Waals surface area contributed by atoms with Crippen LogP contribution in [-0.2, 0) is 0 Å². The Morgan fingerprint density at radius 3 is 2.44 bits per heavy atom. The summed E-state index contributed by atoms with van der Waals surface area (Å²) in [6.07, 6.45) is -0.195. The molecular weight excluding hydrogens is 238 g/mol. The Kier molecular flexibility index (Phi) is 4.25. The molecule has 1 unspecified atom stereocenters. The zero-order valence-electron chi connectivity index (χ0n) is 10.4. The molecule has 0 heterocycles. The number of carboxylic acid groups (broad SMARTS) is 1. The quantitative estimate of drug-likeness (QED) is 0.643. The number of hydrogen-bond donors (Lipinski definition) is 1. The molecule has 0 aromatic heterocycles. The summed E-state index contributed by atoms with van der Waals surface area (Å²) in [6, 6.07) is 3.61. The highest BCUT2D eigenvalue weighted by Crippen LogP contribution is 2.29. The first-order chi connectivity index (χ1) is 8.32. The summed E-state index contributed by atoms with van der Waals surface area (Å²) in [5.41, 5.74) is -0.464. The van der Waals surface area contributed by atoms with Crippen molar-refractivity contribution in [3.63, 3.8) is 0 Å². The molecule has 0 saturated carbocycles. The molecule has 98 valence electrons. The van der Waals surface area contributed by atoms with E-state index < -0.39 is 10.9 Å². The molecule has 0 aliphatic carbocycles. The van der Waals surface area contributed by atoms with Crippen molar-refractivity contribution in [2.75, 3.05) is 0 Å². The molecule has 1 N–H and O–H groups in total. The van der Waals surface area contributed by atoms with Gasteiger partial charge in [0.2, 0.25) is 0 Å². The predicted octanol–water partition coefficient (Wildman–Crippen LogP) is 2.72. The van der Waals surface area contributed by atoms with Crippen molar-refractivity contribution in [1.29, 1.82) is 0 Å². The number of aromatic carboxylic acids is 1. The number of rotatable bonds is 5. The second-order valence-corrected chi connectivity index (χ2v) is 4.31. The van der Waals surface area contributed by atoms with E-state index >= 15 is 0 Å². The van der Waals surface area contributed by atoms with Gasteiger partial charge in [-0.25, -0.2) is 4.79 Å². The van der Waals surface area contributed by atoms with Crippen LogP contribution in [0.1, 0.15) is 31.1 Å². The summed E-state index contributed by atoms with van der Waals surface area (Å²) >= 11 is 0. The van der Waals surface area contributed by atoms with E-state index in [1.165, 1.54) is 12.1 Å². The third kappa shape index (κ3) is 3.19. The number of ether oxygens (including phenoxy) is 1. The minimum Gasteiger partial charge on any atom is -0.484 e. The van der Waals surface area contributed by atoms with Crippen LogP contribution in [0, 0.1) is 16.0 Å². The van der Waals surface area contributed by atoms with Gasteiger partial charge in [0.15, 0.2) is 5.75 Å². The van der Waals surface area contributed by atoms with Gasteiger partial charge in [0.1, 0.15) is 0 Å². The van der Waals surface area contributed by atoms with Crippen LogP contribution in [0.25, 0.3) is 0 Å². The van der Waals surface area contributed by atoms with Gasteiger partial charge in [0, 0.05) is 6.07 Å². The van der Waals surface area contributed by atoms with Crippen LogP contribution in [0.4, 0.5) is 5.69 Å². The van der Waals surface area contributed by atoms with Gasteiger partial charge >= 0.3 is 11.7 Å². The molecule has 6 heteroatoms. The molecule has 0 amide bonds. The van der Waals surface area contributed by atoms with Crippen molar-refractivity contribution < 1.29 is 19.6 Å². The molecule has 1 aromatic rings. The van der Waals surface area contributed by atoms with E-state index in [9.17, 15) is 14.9 Å². The predicted molar refractivity (Wildman–Crippen MR) is 65.0 cm³/mol. The van der Waals surface area contributed by atoms with Crippen LogP contribution in [0.15, 0.2) is 18.2 Å². The maximum absolute atomic E-state index is 10.9. The Balaban J connectivity index is 3.12. The number of hydrogen-bond acceptors (Lipinski definition) is 4. The lowest BCUT2D eigenvalue weighted by atomic mass is 10.1. The van der Waals surface area contributed by atoms with Crippen LogP contribution >= 0.6 is 0 Å². The first kappa shape index (κ1) is 14.0. The summed E-state index contributed by atoms with van der Waals surface area (Å²) in [6.45, 7) is 5.67. The number of nitro groups is 1. The Morgan fingerprint density at radius 1 is 1.39 bits per heavy atom. The van der Waals surface area contributed by atoms with E-state index in [2.05, 4.69) is 0 Å². The van der Waals surface area contributed by atoms with Crippen LogP contribution in [0.3, 0.4) is 0 Å². The fourth-order valence-corrected chi connectivity index (χ4v) is 1.23. The number of carboxylic acids is 1. The molecule has 0 aliphatic rings. The van der Waals surface area contributed by atoms with E-state index in [0.29, 0.717) is 0 Å². The van der Waals surface area contributed by atoms with Crippen LogP contribution in [0.2, 0.25) is 0 Å². The van der Waals surface area contributed by atoms with Crippen molar-refractivity contribution in [2.45, 2.75) is 26.9 Å². The standard InChI is InChI=1S/C12H15NO5/c1-7(2)8(3)18-11-5-4-9(12(14)15)6-10(11)13(16)17/h4-8H,1-3H3,(H,14,15). The van der Waals surface area contributed by atoms with Gasteiger partial charge in [-0.3, -0.25) is 10.1 Å². The van der Waals surface area contributed by atoms with Gasteiger partial charge < -0.3 is 9.84 Å². The first-order valence-electron chi connectivity index (χ1n) is 5.51. The molecule has 6 nitrogen and oxygen atoms in total. The number of benzene rings is 1. The molecule has 1 atom stereocenters. The number of carbonyl (C=O) groups is 1. The van der Waals surface area contributed by atoms with Crippen LogP contribution < -0.4 is 4.74 Å². The monoisotopic (exact) mass is 253 g/mol. The van der Waals surface area contributed by atoms with E-state index in [1.54, 1.807) is 6.92 Å². The number of nitrogens with zero attached hydrogens (tertiary/aromatic N) is 1. The maximum Gasteiger partial charge on any atom is 0.335 e. The average Bonchev–Trinajstić information content (AvgIpc) is 2.28. The van der Waals surface area contributed by atoms with Crippen molar-refractivity contribution in [3.05, 3.63) is 33.9 Å². The molecule has 0 saturated heterocycles. The van der Waals surface area contributed by atoms with E-state index in [4.69, 9.17) is 9.84 Å². The first-order valence-corrected chi connectivity index (χ1v) is 5.51. The second kappa shape index (κ2) is 5.48. The Labute approximate surface area is 104 Å². The Hall–Kier alpha value is -2.11. The van der Waals surface area contributed by atoms with Gasteiger partial charge in [0.05, 0.1) is 16.6 Å². The molecule has 1 aromatic carbocycles. The minimum atomic E-state index is -1.21. The molecule has 0 aliphatic heterocycles. The minimum absolute atomic E-state index is 0.0891. The molecule has 0 radical (unpaired) electrons. The van der Waals surface area contributed by atoms with Crippen molar-refractivity contribution in [1.82, 2.24) is 0 Å². The fourth-order valence-electron chi connectivity index (χ4n) is 1.23. The van der Waals surface area contributed by atoms with Crippen molar-refractivity contribution in [2.24, 2.45) is 5.92 Å². The average molecular weight is 253 g/mol. The lowest BCUT2D eigenvalue weighted by Crippen LogP contribution is -2.19. The third-order valence-electron chi connectivity index (χ3n) is 2.65. The summed E-state index contributed by atoms with van der Waals surface area (Å²) in [5.74, 6) is -0.920. The molecular formula is C12H15NO5.